The standard InChI is InChI=1S/C15H23N3OS/c1-16-13-14-12(17-10-20-14)8-9-18(15(13)19)11-6-4-2-3-5-7-11/h10-11,13,16H,2-9H2,1H3. The van der Waals surface area contributed by atoms with Crippen molar-refractivity contribution in [2.24, 2.45) is 0 Å². The minimum absolute atomic E-state index is 0.191. The summed E-state index contributed by atoms with van der Waals surface area (Å²) in [6, 6.07) is 0.248. The van der Waals surface area contributed by atoms with Crippen LogP contribution in [0.25, 0.3) is 0 Å². The Kier molecular flexibility index (Phi) is 4.36. The van der Waals surface area contributed by atoms with Crippen molar-refractivity contribution in [2.45, 2.75) is 57.0 Å². The number of carbonyl (C=O) groups excluding carboxylic acids is 1. The number of thiazole rings is 1. The van der Waals surface area contributed by atoms with Gasteiger partial charge in [0.1, 0.15) is 6.04 Å². The molecular weight excluding hydrogens is 270 g/mol. The predicted molar refractivity (Wildman–Crippen MR) is 80.8 cm³/mol. The third-order valence-electron chi connectivity index (χ3n) is 4.61. The topological polar surface area (TPSA) is 45.2 Å². The highest BCUT2D eigenvalue weighted by Gasteiger charge is 2.35. The second-order valence-electron chi connectivity index (χ2n) is 5.81. The second kappa shape index (κ2) is 6.22. The molecule has 1 amide bonds. The van der Waals surface area contributed by atoms with E-state index in [1.54, 1.807) is 11.3 Å². The van der Waals surface area contributed by atoms with Crippen molar-refractivity contribution in [3.63, 3.8) is 0 Å². The molecule has 1 saturated carbocycles. The number of carbonyl (C=O) groups is 1. The van der Waals surface area contributed by atoms with Gasteiger partial charge in [0.05, 0.1) is 16.1 Å². The van der Waals surface area contributed by atoms with Gasteiger partial charge in [-0.3, -0.25) is 4.79 Å². The van der Waals surface area contributed by atoms with Crippen molar-refractivity contribution in [3.8, 4) is 0 Å². The SMILES string of the molecule is CNC1C(=O)N(C2CCCCCC2)CCc2ncsc21. The van der Waals surface area contributed by atoms with Crippen LogP contribution in [0.1, 0.15) is 55.1 Å². The van der Waals surface area contributed by atoms with Crippen molar-refractivity contribution in [1.29, 1.82) is 0 Å². The normalized spacial score (nSPS) is 25.1. The number of amides is 1. The fourth-order valence-corrected chi connectivity index (χ4v) is 4.44. The maximum atomic E-state index is 12.9. The molecule has 4 nitrogen and oxygen atoms in total. The molecule has 0 spiro atoms. The highest BCUT2D eigenvalue weighted by molar-refractivity contribution is 7.10. The number of hydrogen-bond acceptors (Lipinski definition) is 4. The molecule has 1 N–H and O–H groups in total. The summed E-state index contributed by atoms with van der Waals surface area (Å²) in [7, 11) is 1.88. The summed E-state index contributed by atoms with van der Waals surface area (Å²) in [5.41, 5.74) is 2.97. The fraction of sp³-hybridized carbons (Fsp3) is 0.733. The zero-order valence-electron chi connectivity index (χ0n) is 12.1. The first kappa shape index (κ1) is 14.0. The van der Waals surface area contributed by atoms with Crippen molar-refractivity contribution >= 4 is 17.2 Å². The molecule has 5 heteroatoms. The Balaban J connectivity index is 1.83. The minimum Gasteiger partial charge on any atom is -0.338 e. The van der Waals surface area contributed by atoms with Gasteiger partial charge in [-0.25, -0.2) is 4.98 Å². The summed E-state index contributed by atoms with van der Waals surface area (Å²) in [5.74, 6) is 0.252. The summed E-state index contributed by atoms with van der Waals surface area (Å²) >= 11 is 1.61. The lowest BCUT2D eigenvalue weighted by molar-refractivity contribution is -0.135. The van der Waals surface area contributed by atoms with Crippen LogP contribution in [-0.4, -0.2) is 35.4 Å². The van der Waals surface area contributed by atoms with Gasteiger partial charge < -0.3 is 10.2 Å². The molecule has 1 unspecified atom stereocenters. The van der Waals surface area contributed by atoms with E-state index in [9.17, 15) is 4.79 Å². The smallest absolute Gasteiger partial charge is 0.245 e. The Morgan fingerprint density at radius 3 is 2.75 bits per heavy atom. The van der Waals surface area contributed by atoms with Crippen molar-refractivity contribution in [2.75, 3.05) is 13.6 Å². The lowest BCUT2D eigenvalue weighted by atomic mass is 10.1. The molecule has 1 fully saturated rings. The second-order valence-corrected chi connectivity index (χ2v) is 6.70. The molecule has 1 aromatic heterocycles. The van der Waals surface area contributed by atoms with Gasteiger partial charge in [-0.15, -0.1) is 11.3 Å². The molecule has 0 radical (unpaired) electrons. The molecule has 20 heavy (non-hydrogen) atoms. The Bertz CT molecular complexity index is 465. The first-order valence-electron chi connectivity index (χ1n) is 7.71. The van der Waals surface area contributed by atoms with Gasteiger partial charge >= 0.3 is 0 Å². The van der Waals surface area contributed by atoms with E-state index in [2.05, 4.69) is 15.2 Å². The fourth-order valence-electron chi connectivity index (χ4n) is 3.50. The van der Waals surface area contributed by atoms with Crippen LogP contribution < -0.4 is 5.32 Å². The number of fused-ring (bicyclic) bond motifs is 1. The lowest BCUT2D eigenvalue weighted by Gasteiger charge is -2.32. The van der Waals surface area contributed by atoms with Gasteiger partial charge in [0, 0.05) is 19.0 Å². The van der Waals surface area contributed by atoms with Gasteiger partial charge in [-0.05, 0) is 19.9 Å². The average molecular weight is 293 g/mol. The van der Waals surface area contributed by atoms with Crippen LogP contribution >= 0.6 is 11.3 Å². The van der Waals surface area contributed by atoms with Crippen molar-refractivity contribution in [3.05, 3.63) is 16.1 Å². The van der Waals surface area contributed by atoms with Crippen LogP contribution in [0.4, 0.5) is 0 Å². The molecule has 1 atom stereocenters. The molecule has 0 aromatic carbocycles. The molecule has 3 rings (SSSR count). The van der Waals surface area contributed by atoms with Crippen LogP contribution in [0.2, 0.25) is 0 Å². The van der Waals surface area contributed by atoms with E-state index in [4.69, 9.17) is 0 Å². The molecule has 2 heterocycles. The van der Waals surface area contributed by atoms with Gasteiger partial charge in [-0.2, -0.15) is 0 Å². The maximum Gasteiger partial charge on any atom is 0.245 e. The van der Waals surface area contributed by atoms with E-state index in [0.29, 0.717) is 6.04 Å². The van der Waals surface area contributed by atoms with E-state index in [1.165, 1.54) is 38.5 Å². The highest BCUT2D eigenvalue weighted by atomic mass is 32.1. The van der Waals surface area contributed by atoms with Crippen LogP contribution in [-0.2, 0) is 11.2 Å². The lowest BCUT2D eigenvalue weighted by Crippen LogP contribution is -2.45. The van der Waals surface area contributed by atoms with E-state index >= 15 is 0 Å². The first-order valence-corrected chi connectivity index (χ1v) is 8.59. The molecule has 1 aliphatic carbocycles. The molecular formula is C15H23N3OS. The van der Waals surface area contributed by atoms with E-state index in [0.717, 1.165) is 23.5 Å². The Morgan fingerprint density at radius 1 is 1.30 bits per heavy atom. The van der Waals surface area contributed by atoms with Crippen molar-refractivity contribution < 1.29 is 4.79 Å². The molecule has 2 aliphatic rings. The maximum absolute atomic E-state index is 12.9. The molecule has 110 valence electrons. The Labute approximate surface area is 124 Å². The molecule has 0 saturated heterocycles. The van der Waals surface area contributed by atoms with Crippen molar-refractivity contribution in [1.82, 2.24) is 15.2 Å². The summed E-state index contributed by atoms with van der Waals surface area (Å²) in [4.78, 5) is 20.6. The Hall–Kier alpha value is -0.940. The molecule has 1 aliphatic heterocycles. The number of nitrogens with one attached hydrogen (secondary N) is 1. The predicted octanol–water partition coefficient (Wildman–Crippen LogP) is 2.51. The Morgan fingerprint density at radius 2 is 2.05 bits per heavy atom. The van der Waals surface area contributed by atoms with E-state index in [1.807, 2.05) is 12.6 Å². The van der Waals surface area contributed by atoms with Crippen LogP contribution in [0.15, 0.2) is 5.51 Å². The monoisotopic (exact) mass is 293 g/mol. The van der Waals surface area contributed by atoms with E-state index < -0.39 is 0 Å². The van der Waals surface area contributed by atoms with Crippen LogP contribution in [0, 0.1) is 0 Å². The number of hydrogen-bond donors (Lipinski definition) is 1. The third kappa shape index (κ3) is 2.61. The van der Waals surface area contributed by atoms with Crippen LogP contribution in [0.5, 0.6) is 0 Å². The van der Waals surface area contributed by atoms with Gasteiger partial charge in [0.25, 0.3) is 0 Å². The molecule has 0 bridgehead atoms. The summed E-state index contributed by atoms with van der Waals surface area (Å²) < 4.78 is 0. The summed E-state index contributed by atoms with van der Waals surface area (Å²) in [5, 5.41) is 3.20. The number of aromatic nitrogens is 1. The van der Waals surface area contributed by atoms with Gasteiger partial charge in [0.2, 0.25) is 5.91 Å². The quantitative estimate of drug-likeness (QED) is 0.852. The summed E-state index contributed by atoms with van der Waals surface area (Å²) in [6.45, 7) is 0.832. The number of nitrogens with zero attached hydrogens (tertiary/aromatic N) is 2. The minimum atomic E-state index is -0.191. The van der Waals surface area contributed by atoms with E-state index in [-0.39, 0.29) is 11.9 Å². The number of likely N-dealkylation sites (N-methyl/N-ethyl adjacent to an activating group) is 1. The van der Waals surface area contributed by atoms with Gasteiger partial charge in [0.15, 0.2) is 0 Å². The van der Waals surface area contributed by atoms with Crippen LogP contribution in [0.3, 0.4) is 0 Å². The summed E-state index contributed by atoms with van der Waals surface area (Å²) in [6.07, 6.45) is 8.41. The highest BCUT2D eigenvalue weighted by Crippen LogP contribution is 2.31. The zero-order valence-corrected chi connectivity index (χ0v) is 12.9. The zero-order chi connectivity index (χ0) is 13.9. The first-order chi connectivity index (χ1) is 9.81. The third-order valence-corrected chi connectivity index (χ3v) is 5.54. The largest absolute Gasteiger partial charge is 0.338 e. The molecule has 1 aromatic rings. The average Bonchev–Trinajstić information content (AvgIpc) is 2.69. The number of rotatable bonds is 2. The van der Waals surface area contributed by atoms with Gasteiger partial charge in [-0.1, -0.05) is 25.7 Å².